The van der Waals surface area contributed by atoms with Gasteiger partial charge in [0.25, 0.3) is 0 Å². The third-order valence-corrected chi connectivity index (χ3v) is 2.94. The largest absolute Gasteiger partial charge is 0.475 e. The van der Waals surface area contributed by atoms with Crippen LogP contribution in [0.25, 0.3) is 11.0 Å². The number of hydrogen-bond acceptors (Lipinski definition) is 4. The molecule has 22 heavy (non-hydrogen) atoms. The summed E-state index contributed by atoms with van der Waals surface area (Å²) in [6.07, 6.45) is 2.63. The van der Waals surface area contributed by atoms with Crippen molar-refractivity contribution >= 4 is 28.5 Å². The number of nitrogens with one attached hydrogen (secondary N) is 1. The quantitative estimate of drug-likeness (QED) is 0.578. The van der Waals surface area contributed by atoms with E-state index in [4.69, 9.17) is 14.3 Å². The highest BCUT2D eigenvalue weighted by molar-refractivity contribution is 5.95. The molecule has 116 valence electrons. The number of benzene rings is 1. The Hall–Kier alpha value is -2.60. The molecule has 2 aromatic rings. The van der Waals surface area contributed by atoms with Crippen LogP contribution in [0, 0.1) is 0 Å². The normalized spacial score (nSPS) is 10.5. The van der Waals surface area contributed by atoms with Crippen LogP contribution >= 0.6 is 0 Å². The topological polar surface area (TPSA) is 88.8 Å². The van der Waals surface area contributed by atoms with Crippen LogP contribution in [-0.2, 0) is 9.53 Å². The summed E-state index contributed by atoms with van der Waals surface area (Å²) < 4.78 is 10.4. The van der Waals surface area contributed by atoms with E-state index in [1.54, 1.807) is 24.3 Å². The average Bonchev–Trinajstić information content (AvgIpc) is 2.90. The first-order chi connectivity index (χ1) is 10.6. The Kier molecular flexibility index (Phi) is 5.32. The number of carbonyl (C=O) groups excluding carboxylic acids is 1. The zero-order valence-corrected chi connectivity index (χ0v) is 12.0. The summed E-state index contributed by atoms with van der Waals surface area (Å²) in [5.74, 6) is -1.37. The molecule has 0 aliphatic carbocycles. The minimum atomic E-state index is -1.12. The van der Waals surface area contributed by atoms with Gasteiger partial charge in [-0.1, -0.05) is 6.08 Å². The minimum Gasteiger partial charge on any atom is -0.475 e. The number of anilines is 1. The fourth-order valence-electron chi connectivity index (χ4n) is 1.95. The van der Waals surface area contributed by atoms with E-state index in [-0.39, 0.29) is 11.7 Å². The van der Waals surface area contributed by atoms with Crippen molar-refractivity contribution in [1.82, 2.24) is 0 Å². The predicted molar refractivity (Wildman–Crippen MR) is 82.1 cm³/mol. The number of carboxylic acids is 1. The maximum atomic E-state index is 11.8. The Bertz CT molecular complexity index is 689. The van der Waals surface area contributed by atoms with E-state index in [0.717, 1.165) is 0 Å². The third kappa shape index (κ3) is 4.20. The number of rotatable bonds is 8. The summed E-state index contributed by atoms with van der Waals surface area (Å²) in [5, 5.41) is 12.3. The number of amides is 1. The highest BCUT2D eigenvalue weighted by Crippen LogP contribution is 2.23. The summed E-state index contributed by atoms with van der Waals surface area (Å²) in [6.45, 7) is 4.52. The Labute approximate surface area is 127 Å². The van der Waals surface area contributed by atoms with Gasteiger partial charge in [-0.2, -0.15) is 0 Å². The molecule has 0 bridgehead atoms. The molecule has 6 nitrogen and oxygen atoms in total. The lowest BCUT2D eigenvalue weighted by molar-refractivity contribution is -0.116. The number of carboxylic acid groups (broad SMARTS) is 1. The fraction of sp³-hybridized carbons (Fsp3) is 0.250. The van der Waals surface area contributed by atoms with Crippen molar-refractivity contribution in [2.24, 2.45) is 0 Å². The molecule has 1 amide bonds. The molecule has 1 aromatic heterocycles. The molecule has 2 N–H and O–H groups in total. The van der Waals surface area contributed by atoms with Crippen molar-refractivity contribution < 1.29 is 23.8 Å². The second-order valence-corrected chi connectivity index (χ2v) is 4.68. The first kappa shape index (κ1) is 15.8. The van der Waals surface area contributed by atoms with E-state index in [1.807, 2.05) is 0 Å². The van der Waals surface area contributed by atoms with Gasteiger partial charge in [0.2, 0.25) is 11.7 Å². The van der Waals surface area contributed by atoms with Crippen molar-refractivity contribution in [3.8, 4) is 0 Å². The molecule has 6 heteroatoms. The molecule has 0 unspecified atom stereocenters. The van der Waals surface area contributed by atoms with Crippen LogP contribution < -0.4 is 5.32 Å². The molecular formula is C16H17NO5. The zero-order chi connectivity index (χ0) is 15.9. The lowest BCUT2D eigenvalue weighted by Gasteiger charge is -2.05. The Morgan fingerprint density at radius 1 is 1.36 bits per heavy atom. The van der Waals surface area contributed by atoms with Gasteiger partial charge >= 0.3 is 5.97 Å². The molecule has 0 saturated heterocycles. The first-order valence-corrected chi connectivity index (χ1v) is 6.85. The Morgan fingerprint density at radius 3 is 2.91 bits per heavy atom. The van der Waals surface area contributed by atoms with Crippen LogP contribution in [0.2, 0.25) is 0 Å². The van der Waals surface area contributed by atoms with E-state index < -0.39 is 5.97 Å². The van der Waals surface area contributed by atoms with Crippen LogP contribution in [-0.4, -0.2) is 30.2 Å². The third-order valence-electron chi connectivity index (χ3n) is 2.94. The number of furan rings is 1. The number of ether oxygens (including phenoxy) is 1. The second-order valence-electron chi connectivity index (χ2n) is 4.68. The maximum Gasteiger partial charge on any atom is 0.371 e. The fourth-order valence-corrected chi connectivity index (χ4v) is 1.95. The van der Waals surface area contributed by atoms with Gasteiger partial charge in [0.15, 0.2) is 0 Å². The average molecular weight is 303 g/mol. The van der Waals surface area contributed by atoms with Crippen molar-refractivity contribution in [2.75, 3.05) is 18.5 Å². The molecule has 0 spiro atoms. The standard InChI is InChI=1S/C16H17NO5/c1-2-7-21-8-3-4-15(18)17-12-5-6-13-11(9-12)10-14(22-13)16(19)20/h2,5-6,9-10H,1,3-4,7-8H2,(H,17,18)(H,19,20). The van der Waals surface area contributed by atoms with Crippen molar-refractivity contribution in [1.29, 1.82) is 0 Å². The monoisotopic (exact) mass is 303 g/mol. The summed E-state index contributed by atoms with van der Waals surface area (Å²) in [6, 6.07) is 6.40. The molecule has 0 radical (unpaired) electrons. The van der Waals surface area contributed by atoms with Crippen molar-refractivity contribution in [3.63, 3.8) is 0 Å². The van der Waals surface area contributed by atoms with Crippen molar-refractivity contribution in [2.45, 2.75) is 12.8 Å². The van der Waals surface area contributed by atoms with E-state index in [0.29, 0.717) is 42.7 Å². The number of fused-ring (bicyclic) bond motifs is 1. The van der Waals surface area contributed by atoms with Crippen LogP contribution in [0.3, 0.4) is 0 Å². The van der Waals surface area contributed by atoms with Gasteiger partial charge in [-0.15, -0.1) is 6.58 Å². The molecular weight excluding hydrogens is 286 g/mol. The number of aromatic carboxylic acids is 1. The molecule has 1 heterocycles. The molecule has 2 rings (SSSR count). The smallest absolute Gasteiger partial charge is 0.371 e. The Balaban J connectivity index is 1.92. The number of hydrogen-bond donors (Lipinski definition) is 2. The molecule has 0 atom stereocenters. The van der Waals surface area contributed by atoms with Crippen LogP contribution in [0.5, 0.6) is 0 Å². The summed E-state index contributed by atoms with van der Waals surface area (Å²) >= 11 is 0. The SMILES string of the molecule is C=CCOCCCC(=O)Nc1ccc2oc(C(=O)O)cc2c1. The Morgan fingerprint density at radius 2 is 2.18 bits per heavy atom. The highest BCUT2D eigenvalue weighted by atomic mass is 16.5. The molecule has 1 aromatic carbocycles. The molecule has 0 fully saturated rings. The van der Waals surface area contributed by atoms with Gasteiger partial charge in [0, 0.05) is 24.1 Å². The second kappa shape index (κ2) is 7.42. The van der Waals surface area contributed by atoms with Crippen molar-refractivity contribution in [3.05, 3.63) is 42.7 Å². The van der Waals surface area contributed by atoms with Crippen LogP contribution in [0.1, 0.15) is 23.4 Å². The molecule has 0 aliphatic rings. The zero-order valence-electron chi connectivity index (χ0n) is 12.0. The van der Waals surface area contributed by atoms with Crippen LogP contribution in [0.4, 0.5) is 5.69 Å². The van der Waals surface area contributed by atoms with E-state index in [1.165, 1.54) is 6.07 Å². The summed E-state index contributed by atoms with van der Waals surface area (Å²) in [4.78, 5) is 22.6. The minimum absolute atomic E-state index is 0.122. The van der Waals surface area contributed by atoms with Gasteiger partial charge in [0.1, 0.15) is 5.58 Å². The van der Waals surface area contributed by atoms with E-state index in [2.05, 4.69) is 11.9 Å². The highest BCUT2D eigenvalue weighted by Gasteiger charge is 2.11. The van der Waals surface area contributed by atoms with Gasteiger partial charge in [-0.3, -0.25) is 4.79 Å². The number of carbonyl (C=O) groups is 2. The first-order valence-electron chi connectivity index (χ1n) is 6.85. The maximum absolute atomic E-state index is 11.8. The lowest BCUT2D eigenvalue weighted by Crippen LogP contribution is -2.12. The lowest BCUT2D eigenvalue weighted by atomic mass is 10.2. The van der Waals surface area contributed by atoms with Gasteiger partial charge < -0.3 is 19.6 Å². The molecule has 0 saturated carbocycles. The van der Waals surface area contributed by atoms with Gasteiger partial charge in [0.05, 0.1) is 6.61 Å². The van der Waals surface area contributed by atoms with Gasteiger partial charge in [-0.25, -0.2) is 4.79 Å². The summed E-state index contributed by atoms with van der Waals surface area (Å²) in [7, 11) is 0. The van der Waals surface area contributed by atoms with E-state index >= 15 is 0 Å². The van der Waals surface area contributed by atoms with Crippen LogP contribution in [0.15, 0.2) is 41.3 Å². The predicted octanol–water partition coefficient (Wildman–Crippen LogP) is 3.05. The van der Waals surface area contributed by atoms with E-state index in [9.17, 15) is 9.59 Å². The summed E-state index contributed by atoms with van der Waals surface area (Å²) in [5.41, 5.74) is 1.07. The van der Waals surface area contributed by atoms with Gasteiger partial charge in [-0.05, 0) is 30.7 Å². The molecule has 0 aliphatic heterocycles.